The number of hydrogen-bond acceptors (Lipinski definition) is 4. The summed E-state index contributed by atoms with van der Waals surface area (Å²) >= 11 is 4.88. The van der Waals surface area contributed by atoms with E-state index < -0.39 is 6.10 Å². The first-order chi connectivity index (χ1) is 7.65. The molecule has 0 aliphatic rings. The molecule has 2 aromatic heterocycles. The third-order valence-corrected chi connectivity index (χ3v) is 3.58. The lowest BCUT2D eigenvalue weighted by Crippen LogP contribution is -2.03. The number of pyridine rings is 1. The van der Waals surface area contributed by atoms with Crippen molar-refractivity contribution in [3.63, 3.8) is 0 Å². The predicted octanol–water partition coefficient (Wildman–Crippen LogP) is 2.89. The highest BCUT2D eigenvalue weighted by atomic mass is 79.9. The molecule has 1 atom stereocenters. The zero-order valence-corrected chi connectivity index (χ0v) is 11.1. The Balaban J connectivity index is 2.08. The second-order valence-corrected chi connectivity index (χ2v) is 5.36. The van der Waals surface area contributed by atoms with Crippen LogP contribution in [-0.4, -0.2) is 15.1 Å². The minimum absolute atomic E-state index is 0.521. The van der Waals surface area contributed by atoms with E-state index in [9.17, 15) is 5.11 Å². The van der Waals surface area contributed by atoms with Crippen LogP contribution in [0.15, 0.2) is 28.2 Å². The van der Waals surface area contributed by atoms with Gasteiger partial charge in [0.05, 0.1) is 10.7 Å². The molecule has 2 aromatic rings. The van der Waals surface area contributed by atoms with Crippen LogP contribution in [-0.2, 0) is 6.42 Å². The summed E-state index contributed by atoms with van der Waals surface area (Å²) in [5, 5.41) is 12.9. The van der Waals surface area contributed by atoms with Gasteiger partial charge < -0.3 is 5.11 Å². The summed E-state index contributed by atoms with van der Waals surface area (Å²) in [5.41, 5.74) is 1.67. The van der Waals surface area contributed by atoms with Gasteiger partial charge in [0, 0.05) is 28.2 Å². The minimum atomic E-state index is -0.585. The number of aromatic nitrogens is 2. The van der Waals surface area contributed by atoms with Gasteiger partial charge in [0.1, 0.15) is 6.10 Å². The Hall–Kier alpha value is -0.780. The molecular weight excluding hydrogens is 288 g/mol. The Morgan fingerprint density at radius 2 is 2.31 bits per heavy atom. The molecule has 0 radical (unpaired) electrons. The molecule has 1 N–H and O–H groups in total. The molecule has 0 spiro atoms. The fourth-order valence-corrected chi connectivity index (χ4v) is 2.40. The van der Waals surface area contributed by atoms with Gasteiger partial charge in [-0.05, 0) is 35.0 Å². The summed E-state index contributed by atoms with van der Waals surface area (Å²) in [4.78, 5) is 8.48. The topological polar surface area (TPSA) is 46.0 Å². The van der Waals surface area contributed by atoms with Crippen molar-refractivity contribution in [2.45, 2.75) is 19.4 Å². The maximum atomic E-state index is 9.96. The number of rotatable bonds is 3. The predicted molar refractivity (Wildman–Crippen MR) is 67.5 cm³/mol. The van der Waals surface area contributed by atoms with E-state index in [0.29, 0.717) is 12.1 Å². The molecule has 1 unspecified atom stereocenters. The van der Waals surface area contributed by atoms with Gasteiger partial charge in [-0.25, -0.2) is 4.98 Å². The highest BCUT2D eigenvalue weighted by molar-refractivity contribution is 9.10. The maximum Gasteiger partial charge on any atom is 0.102 e. The lowest BCUT2D eigenvalue weighted by Gasteiger charge is -2.07. The Morgan fingerprint density at radius 1 is 1.50 bits per heavy atom. The highest BCUT2D eigenvalue weighted by Crippen LogP contribution is 2.20. The Morgan fingerprint density at radius 3 is 2.88 bits per heavy atom. The van der Waals surface area contributed by atoms with Crippen LogP contribution in [0, 0.1) is 6.92 Å². The van der Waals surface area contributed by atoms with Gasteiger partial charge in [-0.2, -0.15) is 0 Å². The van der Waals surface area contributed by atoms with Crippen molar-refractivity contribution in [3.05, 3.63) is 44.6 Å². The van der Waals surface area contributed by atoms with Gasteiger partial charge in [-0.1, -0.05) is 0 Å². The number of hydrogen-bond donors (Lipinski definition) is 1. The summed E-state index contributed by atoms with van der Waals surface area (Å²) in [6.45, 7) is 1.95. The van der Waals surface area contributed by atoms with Crippen LogP contribution >= 0.6 is 27.3 Å². The molecule has 0 aromatic carbocycles. The van der Waals surface area contributed by atoms with Crippen LogP contribution in [0.25, 0.3) is 0 Å². The first kappa shape index (κ1) is 11.7. The number of thiazole rings is 1. The van der Waals surface area contributed by atoms with E-state index in [4.69, 9.17) is 0 Å². The molecule has 2 rings (SSSR count). The van der Waals surface area contributed by atoms with Gasteiger partial charge in [-0.3, -0.25) is 4.98 Å². The zero-order chi connectivity index (χ0) is 11.5. The SMILES string of the molecule is Cc1csc(CC(O)c2ccc(Br)cn2)n1. The smallest absolute Gasteiger partial charge is 0.102 e. The van der Waals surface area contributed by atoms with Crippen LogP contribution in [0.3, 0.4) is 0 Å². The van der Waals surface area contributed by atoms with Gasteiger partial charge in [0.2, 0.25) is 0 Å². The Labute approximate surface area is 106 Å². The summed E-state index contributed by atoms with van der Waals surface area (Å²) < 4.78 is 0.911. The second kappa shape index (κ2) is 5.03. The fourth-order valence-electron chi connectivity index (χ4n) is 1.35. The quantitative estimate of drug-likeness (QED) is 0.948. The van der Waals surface area contributed by atoms with Crippen molar-refractivity contribution in [3.8, 4) is 0 Å². The molecule has 5 heteroatoms. The van der Waals surface area contributed by atoms with Crippen LogP contribution < -0.4 is 0 Å². The average Bonchev–Trinajstić information content (AvgIpc) is 2.65. The normalized spacial score (nSPS) is 12.7. The van der Waals surface area contributed by atoms with Crippen molar-refractivity contribution >= 4 is 27.3 Å². The molecule has 0 saturated heterocycles. The Bertz CT molecular complexity index is 469. The van der Waals surface area contributed by atoms with E-state index in [0.717, 1.165) is 15.2 Å². The van der Waals surface area contributed by atoms with E-state index in [-0.39, 0.29) is 0 Å². The van der Waals surface area contributed by atoms with Crippen LogP contribution in [0.1, 0.15) is 22.5 Å². The lowest BCUT2D eigenvalue weighted by molar-refractivity contribution is 0.173. The third kappa shape index (κ3) is 2.87. The molecule has 2 heterocycles. The van der Waals surface area contributed by atoms with Crippen molar-refractivity contribution in [1.82, 2.24) is 9.97 Å². The summed E-state index contributed by atoms with van der Waals surface area (Å²) in [6.07, 6.45) is 1.62. The third-order valence-electron chi connectivity index (χ3n) is 2.13. The van der Waals surface area contributed by atoms with E-state index >= 15 is 0 Å². The molecule has 0 bridgehead atoms. The molecule has 0 aliphatic carbocycles. The number of aliphatic hydroxyl groups excluding tert-OH is 1. The molecular formula is C11H11BrN2OS. The van der Waals surface area contributed by atoms with Crippen LogP contribution in [0.2, 0.25) is 0 Å². The highest BCUT2D eigenvalue weighted by Gasteiger charge is 2.11. The summed E-state index contributed by atoms with van der Waals surface area (Å²) in [5.74, 6) is 0. The molecule has 84 valence electrons. The largest absolute Gasteiger partial charge is 0.386 e. The number of halogens is 1. The second-order valence-electron chi connectivity index (χ2n) is 3.50. The number of aliphatic hydroxyl groups is 1. The molecule has 0 amide bonds. The first-order valence-corrected chi connectivity index (χ1v) is 6.53. The number of nitrogens with zero attached hydrogens (tertiary/aromatic N) is 2. The van der Waals surface area contributed by atoms with E-state index in [2.05, 4.69) is 25.9 Å². The fraction of sp³-hybridized carbons (Fsp3) is 0.273. The first-order valence-electron chi connectivity index (χ1n) is 4.85. The Kier molecular flexibility index (Phi) is 3.68. The summed E-state index contributed by atoms with van der Waals surface area (Å²) in [6, 6.07) is 3.69. The van der Waals surface area contributed by atoms with Gasteiger partial charge >= 0.3 is 0 Å². The van der Waals surface area contributed by atoms with Gasteiger partial charge in [-0.15, -0.1) is 11.3 Å². The monoisotopic (exact) mass is 298 g/mol. The van der Waals surface area contributed by atoms with Crippen molar-refractivity contribution in [2.75, 3.05) is 0 Å². The molecule has 3 nitrogen and oxygen atoms in total. The maximum absolute atomic E-state index is 9.96. The van der Waals surface area contributed by atoms with Crippen LogP contribution in [0.4, 0.5) is 0 Å². The standard InChI is InChI=1S/C11H11BrN2OS/c1-7-6-16-11(14-7)4-10(15)9-3-2-8(12)5-13-9/h2-3,5-6,10,15H,4H2,1H3. The van der Waals surface area contributed by atoms with Gasteiger partial charge in [0.25, 0.3) is 0 Å². The van der Waals surface area contributed by atoms with E-state index in [1.807, 2.05) is 24.4 Å². The van der Waals surface area contributed by atoms with E-state index in [1.165, 1.54) is 0 Å². The molecule has 0 aliphatic heterocycles. The molecule has 16 heavy (non-hydrogen) atoms. The lowest BCUT2D eigenvalue weighted by atomic mass is 10.2. The van der Waals surface area contributed by atoms with Crippen LogP contribution in [0.5, 0.6) is 0 Å². The van der Waals surface area contributed by atoms with Crippen molar-refractivity contribution in [2.24, 2.45) is 0 Å². The minimum Gasteiger partial charge on any atom is -0.386 e. The van der Waals surface area contributed by atoms with Crippen molar-refractivity contribution < 1.29 is 5.11 Å². The van der Waals surface area contributed by atoms with E-state index in [1.54, 1.807) is 17.5 Å². The average molecular weight is 299 g/mol. The molecule has 0 saturated carbocycles. The van der Waals surface area contributed by atoms with Crippen molar-refractivity contribution in [1.29, 1.82) is 0 Å². The number of aryl methyl sites for hydroxylation is 1. The summed E-state index contributed by atoms with van der Waals surface area (Å²) in [7, 11) is 0. The molecule has 0 fully saturated rings. The zero-order valence-electron chi connectivity index (χ0n) is 8.72. The van der Waals surface area contributed by atoms with Gasteiger partial charge in [0.15, 0.2) is 0 Å².